The van der Waals surface area contributed by atoms with Gasteiger partial charge in [-0.3, -0.25) is 4.79 Å². The Bertz CT molecular complexity index is 979. The lowest BCUT2D eigenvalue weighted by Crippen LogP contribution is -2.50. The van der Waals surface area contributed by atoms with Crippen LogP contribution in [0.25, 0.3) is 0 Å². The van der Waals surface area contributed by atoms with Crippen molar-refractivity contribution in [2.24, 2.45) is 0 Å². The minimum Gasteiger partial charge on any atom is -0.490 e. The number of halogens is 2. The normalized spacial score (nSPS) is 13.6. The molecular formula is C24H28ClFN2O5. The Morgan fingerprint density at radius 2 is 1.79 bits per heavy atom. The van der Waals surface area contributed by atoms with Crippen LogP contribution < -0.4 is 14.4 Å². The summed E-state index contributed by atoms with van der Waals surface area (Å²) in [5.74, 6) is -0.557. The largest absolute Gasteiger partial charge is 0.490 e. The number of piperazine rings is 1. The van der Waals surface area contributed by atoms with Gasteiger partial charge in [0, 0.05) is 26.2 Å². The minimum absolute atomic E-state index is 0.171. The molecule has 0 spiro atoms. The highest BCUT2D eigenvalue weighted by atomic mass is 35.5. The van der Waals surface area contributed by atoms with Crippen molar-refractivity contribution >= 4 is 29.2 Å². The van der Waals surface area contributed by atoms with Gasteiger partial charge in [-0.05, 0) is 37.6 Å². The van der Waals surface area contributed by atoms with Crippen LogP contribution in [0, 0.1) is 5.82 Å². The molecule has 1 aliphatic rings. The summed E-state index contributed by atoms with van der Waals surface area (Å²) in [6, 6.07) is 9.49. The van der Waals surface area contributed by atoms with Gasteiger partial charge < -0.3 is 24.0 Å². The fourth-order valence-corrected chi connectivity index (χ4v) is 3.77. The molecule has 33 heavy (non-hydrogen) atoms. The molecule has 0 atom stereocenters. The first-order chi connectivity index (χ1) is 15.9. The number of nitrogens with zero attached hydrogens (tertiary/aromatic N) is 2. The molecule has 1 amide bonds. The summed E-state index contributed by atoms with van der Waals surface area (Å²) in [4.78, 5) is 28.6. The average Bonchev–Trinajstić information content (AvgIpc) is 2.82. The standard InChI is InChI=1S/C24H28ClFN2O5/c1-3-13-32-23-18(25)14-17(15-21(23)31-4-2)24(30)33-16-22(29)28-11-9-27(10-12-28)20-8-6-5-7-19(20)26/h5-8,14-15H,3-4,9-13,16H2,1-2H3. The van der Waals surface area contributed by atoms with E-state index in [2.05, 4.69) is 0 Å². The number of hydrogen-bond donors (Lipinski definition) is 0. The van der Waals surface area contributed by atoms with Crippen LogP contribution in [0.4, 0.5) is 10.1 Å². The van der Waals surface area contributed by atoms with Gasteiger partial charge in [0.05, 0.1) is 29.5 Å². The predicted octanol–water partition coefficient (Wildman–Crippen LogP) is 4.17. The van der Waals surface area contributed by atoms with Gasteiger partial charge in [-0.2, -0.15) is 0 Å². The molecule has 1 aliphatic heterocycles. The van der Waals surface area contributed by atoms with E-state index in [0.29, 0.717) is 56.6 Å². The summed E-state index contributed by atoms with van der Waals surface area (Å²) in [5, 5.41) is 0.233. The van der Waals surface area contributed by atoms with Crippen LogP contribution in [0.1, 0.15) is 30.6 Å². The predicted molar refractivity (Wildman–Crippen MR) is 124 cm³/mol. The van der Waals surface area contributed by atoms with E-state index in [4.69, 9.17) is 25.8 Å². The third kappa shape index (κ3) is 6.28. The van der Waals surface area contributed by atoms with Gasteiger partial charge in [-0.15, -0.1) is 0 Å². The molecule has 2 aromatic carbocycles. The van der Waals surface area contributed by atoms with Crippen LogP contribution in [-0.2, 0) is 9.53 Å². The van der Waals surface area contributed by atoms with Crippen molar-refractivity contribution < 1.29 is 28.2 Å². The molecule has 2 aromatic rings. The number of amides is 1. The first kappa shape index (κ1) is 24.6. The van der Waals surface area contributed by atoms with Crippen LogP contribution in [0.3, 0.4) is 0 Å². The van der Waals surface area contributed by atoms with Gasteiger partial charge in [0.2, 0.25) is 0 Å². The summed E-state index contributed by atoms with van der Waals surface area (Å²) < 4.78 is 30.4. The van der Waals surface area contributed by atoms with E-state index in [1.165, 1.54) is 18.2 Å². The Balaban J connectivity index is 1.56. The maximum atomic E-state index is 14.0. The zero-order valence-electron chi connectivity index (χ0n) is 18.8. The Hall–Kier alpha value is -3.00. The Labute approximate surface area is 198 Å². The molecule has 0 aliphatic carbocycles. The maximum Gasteiger partial charge on any atom is 0.338 e. The van der Waals surface area contributed by atoms with Crippen LogP contribution in [0.5, 0.6) is 11.5 Å². The van der Waals surface area contributed by atoms with Crippen LogP contribution in [0.15, 0.2) is 36.4 Å². The number of ether oxygens (including phenoxy) is 3. The van der Waals surface area contributed by atoms with Crippen LogP contribution >= 0.6 is 11.6 Å². The second kappa shape index (κ2) is 11.7. The van der Waals surface area contributed by atoms with Crippen molar-refractivity contribution in [2.45, 2.75) is 20.3 Å². The first-order valence-corrected chi connectivity index (χ1v) is 11.4. The number of para-hydroxylation sites is 1. The van der Waals surface area contributed by atoms with Gasteiger partial charge in [-0.25, -0.2) is 9.18 Å². The van der Waals surface area contributed by atoms with Crippen molar-refractivity contribution in [3.8, 4) is 11.5 Å². The Morgan fingerprint density at radius 3 is 2.45 bits per heavy atom. The van der Waals surface area contributed by atoms with Crippen molar-refractivity contribution in [1.29, 1.82) is 0 Å². The van der Waals surface area contributed by atoms with E-state index in [0.717, 1.165) is 6.42 Å². The van der Waals surface area contributed by atoms with Gasteiger partial charge in [0.1, 0.15) is 5.82 Å². The molecule has 1 fully saturated rings. The van der Waals surface area contributed by atoms with Gasteiger partial charge in [0.15, 0.2) is 18.1 Å². The molecule has 0 bridgehead atoms. The molecule has 0 radical (unpaired) electrons. The topological polar surface area (TPSA) is 68.3 Å². The number of anilines is 1. The van der Waals surface area contributed by atoms with Crippen molar-refractivity contribution in [2.75, 3.05) is 50.9 Å². The molecule has 0 saturated carbocycles. The number of carbonyl (C=O) groups excluding carboxylic acids is 2. The first-order valence-electron chi connectivity index (χ1n) is 11.0. The number of rotatable bonds is 9. The molecule has 1 saturated heterocycles. The quantitative estimate of drug-likeness (QED) is 0.504. The van der Waals surface area contributed by atoms with Crippen molar-refractivity contribution in [3.05, 3.63) is 52.8 Å². The van der Waals surface area contributed by atoms with Crippen molar-refractivity contribution in [1.82, 2.24) is 4.90 Å². The zero-order valence-corrected chi connectivity index (χ0v) is 19.6. The molecule has 0 unspecified atom stereocenters. The van der Waals surface area contributed by atoms with E-state index in [1.807, 2.05) is 18.7 Å². The number of carbonyl (C=O) groups is 2. The smallest absolute Gasteiger partial charge is 0.338 e. The second-order valence-corrected chi connectivity index (χ2v) is 7.87. The summed E-state index contributed by atoms with van der Waals surface area (Å²) >= 11 is 6.29. The number of hydrogen-bond acceptors (Lipinski definition) is 6. The molecule has 9 heteroatoms. The summed E-state index contributed by atoms with van der Waals surface area (Å²) in [6.45, 7) is 6.03. The molecular weight excluding hydrogens is 451 g/mol. The van der Waals surface area contributed by atoms with Crippen molar-refractivity contribution in [3.63, 3.8) is 0 Å². The molecule has 1 heterocycles. The second-order valence-electron chi connectivity index (χ2n) is 7.46. The highest BCUT2D eigenvalue weighted by Gasteiger charge is 2.24. The average molecular weight is 479 g/mol. The lowest BCUT2D eigenvalue weighted by molar-refractivity contribution is -0.134. The summed E-state index contributed by atoms with van der Waals surface area (Å²) in [6.07, 6.45) is 0.794. The van der Waals surface area contributed by atoms with E-state index in [9.17, 15) is 14.0 Å². The molecule has 7 nitrogen and oxygen atoms in total. The fraction of sp³-hybridized carbons (Fsp3) is 0.417. The van der Waals surface area contributed by atoms with Crippen LogP contribution in [0.2, 0.25) is 5.02 Å². The van der Waals surface area contributed by atoms with E-state index in [-0.39, 0.29) is 22.3 Å². The fourth-order valence-electron chi connectivity index (χ4n) is 3.50. The maximum absolute atomic E-state index is 14.0. The van der Waals surface area contributed by atoms with E-state index < -0.39 is 12.6 Å². The Kier molecular flexibility index (Phi) is 8.77. The third-order valence-electron chi connectivity index (χ3n) is 5.15. The van der Waals surface area contributed by atoms with Gasteiger partial charge in [0.25, 0.3) is 5.91 Å². The lowest BCUT2D eigenvalue weighted by Gasteiger charge is -2.36. The highest BCUT2D eigenvalue weighted by Crippen LogP contribution is 2.37. The number of esters is 1. The zero-order chi connectivity index (χ0) is 23.8. The lowest BCUT2D eigenvalue weighted by atomic mass is 10.2. The SMILES string of the molecule is CCCOc1c(Cl)cc(C(=O)OCC(=O)N2CCN(c3ccccc3F)CC2)cc1OCC. The summed E-state index contributed by atoms with van der Waals surface area (Å²) in [7, 11) is 0. The highest BCUT2D eigenvalue weighted by molar-refractivity contribution is 6.32. The van der Waals surface area contributed by atoms with Gasteiger partial charge in [-0.1, -0.05) is 30.7 Å². The minimum atomic E-state index is -0.682. The molecule has 3 rings (SSSR count). The van der Waals surface area contributed by atoms with E-state index >= 15 is 0 Å². The van der Waals surface area contributed by atoms with Crippen LogP contribution in [-0.4, -0.2) is 62.8 Å². The third-order valence-corrected chi connectivity index (χ3v) is 5.43. The summed E-state index contributed by atoms with van der Waals surface area (Å²) in [5.41, 5.74) is 0.689. The van der Waals surface area contributed by atoms with Gasteiger partial charge >= 0.3 is 5.97 Å². The number of benzene rings is 2. The van der Waals surface area contributed by atoms with E-state index in [1.54, 1.807) is 23.1 Å². The Morgan fingerprint density at radius 1 is 1.06 bits per heavy atom. The molecule has 0 aromatic heterocycles. The molecule has 0 N–H and O–H groups in total. The molecule has 178 valence electrons. The monoisotopic (exact) mass is 478 g/mol.